The number of amides is 2. The third kappa shape index (κ3) is 4.13. The molecule has 0 spiro atoms. The molecule has 0 radical (unpaired) electrons. The van der Waals surface area contributed by atoms with Gasteiger partial charge < -0.3 is 10.2 Å². The molecule has 0 fully saturated rings. The minimum Gasteiger partial charge on any atom is -0.325 e. The molecular formula is C22H18ClN3O2S. The Morgan fingerprint density at radius 1 is 1.17 bits per heavy atom. The third-order valence-electron chi connectivity index (χ3n) is 4.57. The van der Waals surface area contributed by atoms with Crippen molar-refractivity contribution in [1.29, 1.82) is 0 Å². The average Bonchev–Trinajstić information content (AvgIpc) is 2.83. The van der Waals surface area contributed by atoms with E-state index in [1.807, 2.05) is 37.3 Å². The van der Waals surface area contributed by atoms with E-state index < -0.39 is 0 Å². The highest BCUT2D eigenvalue weighted by atomic mass is 35.5. The summed E-state index contributed by atoms with van der Waals surface area (Å²) in [4.78, 5) is 32.6. The molecule has 2 amide bonds. The lowest BCUT2D eigenvalue weighted by atomic mass is 10.1. The van der Waals surface area contributed by atoms with Crippen LogP contribution in [0.1, 0.15) is 22.3 Å². The molecule has 0 saturated heterocycles. The van der Waals surface area contributed by atoms with Crippen molar-refractivity contribution in [3.8, 4) is 0 Å². The molecule has 0 saturated carbocycles. The number of nitrogens with one attached hydrogen (secondary N) is 1. The molecule has 0 aliphatic carbocycles. The van der Waals surface area contributed by atoms with Gasteiger partial charge in [-0.1, -0.05) is 41.6 Å². The summed E-state index contributed by atoms with van der Waals surface area (Å²) in [6.07, 6.45) is 1.84. The van der Waals surface area contributed by atoms with E-state index in [4.69, 9.17) is 11.6 Å². The first-order valence-electron chi connectivity index (χ1n) is 9.13. The molecule has 2 heterocycles. The number of fused-ring (bicyclic) bond motifs is 2. The Labute approximate surface area is 178 Å². The maximum Gasteiger partial charge on any atom is 0.259 e. The van der Waals surface area contributed by atoms with Crippen molar-refractivity contribution in [3.05, 3.63) is 76.9 Å². The van der Waals surface area contributed by atoms with Crippen molar-refractivity contribution in [3.63, 3.8) is 0 Å². The van der Waals surface area contributed by atoms with Gasteiger partial charge in [0, 0.05) is 24.1 Å². The summed E-state index contributed by atoms with van der Waals surface area (Å²) in [6, 6.07) is 16.6. The number of pyridine rings is 1. The number of nitrogens with zero attached hydrogens (tertiary/aromatic N) is 2. The third-order valence-corrected chi connectivity index (χ3v) is 5.97. The van der Waals surface area contributed by atoms with E-state index in [0.717, 1.165) is 15.5 Å². The molecule has 1 aliphatic heterocycles. The molecule has 3 aromatic rings. The molecule has 1 aliphatic rings. The van der Waals surface area contributed by atoms with E-state index in [1.54, 1.807) is 35.4 Å². The van der Waals surface area contributed by atoms with Crippen molar-refractivity contribution in [2.24, 2.45) is 0 Å². The van der Waals surface area contributed by atoms with Gasteiger partial charge in [0.25, 0.3) is 5.91 Å². The minimum atomic E-state index is -0.209. The van der Waals surface area contributed by atoms with Crippen LogP contribution in [0.4, 0.5) is 11.4 Å². The van der Waals surface area contributed by atoms with Gasteiger partial charge in [-0.2, -0.15) is 0 Å². The molecule has 2 aromatic carbocycles. The predicted molar refractivity (Wildman–Crippen MR) is 116 cm³/mol. The van der Waals surface area contributed by atoms with Crippen LogP contribution in [0.5, 0.6) is 0 Å². The van der Waals surface area contributed by atoms with Gasteiger partial charge in [0.2, 0.25) is 5.91 Å². The summed E-state index contributed by atoms with van der Waals surface area (Å²) in [7, 11) is 0. The van der Waals surface area contributed by atoms with E-state index >= 15 is 0 Å². The first-order valence-corrected chi connectivity index (χ1v) is 10.3. The van der Waals surface area contributed by atoms with Gasteiger partial charge in [0.05, 0.1) is 22.0 Å². The number of aromatic nitrogens is 1. The number of rotatable bonds is 4. The first-order chi connectivity index (χ1) is 14.0. The number of aryl methyl sites for hydroxylation is 1. The van der Waals surface area contributed by atoms with Crippen molar-refractivity contribution in [2.75, 3.05) is 16.8 Å². The molecule has 0 bridgehead atoms. The fraction of sp³-hybridized carbons (Fsp3) is 0.136. The molecular weight excluding hydrogens is 406 g/mol. The summed E-state index contributed by atoms with van der Waals surface area (Å²) >= 11 is 7.66. The number of hydrogen-bond donors (Lipinski definition) is 1. The van der Waals surface area contributed by atoms with Gasteiger partial charge in [-0.3, -0.25) is 9.59 Å². The SMILES string of the molecule is Cc1ccc(NC(=O)CCN2C(=O)c3ccccc3Sc3ncccc32)c(Cl)c1. The van der Waals surface area contributed by atoms with Crippen molar-refractivity contribution in [1.82, 2.24) is 4.98 Å². The normalized spacial score (nSPS) is 12.8. The maximum atomic E-state index is 13.2. The number of halogens is 1. The van der Waals surface area contributed by atoms with E-state index in [9.17, 15) is 9.59 Å². The highest BCUT2D eigenvalue weighted by Gasteiger charge is 2.28. The van der Waals surface area contributed by atoms with E-state index in [1.165, 1.54) is 11.8 Å². The molecule has 29 heavy (non-hydrogen) atoms. The van der Waals surface area contributed by atoms with Gasteiger partial charge in [-0.05, 0) is 48.9 Å². The minimum absolute atomic E-state index is 0.136. The van der Waals surface area contributed by atoms with Gasteiger partial charge in [-0.25, -0.2) is 4.98 Å². The van der Waals surface area contributed by atoms with Crippen LogP contribution in [0.25, 0.3) is 0 Å². The van der Waals surface area contributed by atoms with Gasteiger partial charge in [0.1, 0.15) is 5.03 Å². The Bertz CT molecular complexity index is 1100. The van der Waals surface area contributed by atoms with Crippen molar-refractivity contribution in [2.45, 2.75) is 23.3 Å². The molecule has 0 unspecified atom stereocenters. The Balaban J connectivity index is 1.55. The number of carbonyl (C=O) groups is 2. The van der Waals surface area contributed by atoms with Crippen LogP contribution in [-0.4, -0.2) is 23.3 Å². The van der Waals surface area contributed by atoms with Gasteiger partial charge in [0.15, 0.2) is 0 Å². The lowest BCUT2D eigenvalue weighted by Crippen LogP contribution is -2.34. The fourth-order valence-corrected chi connectivity index (χ4v) is 4.43. The average molecular weight is 424 g/mol. The lowest BCUT2D eigenvalue weighted by Gasteiger charge is -2.22. The standard InChI is InChI=1S/C22H18ClN3O2S/c1-14-8-9-17(16(23)13-14)25-20(27)10-12-26-18-6-4-11-24-21(18)29-19-7-3-2-5-15(19)22(26)28/h2-9,11,13H,10,12H2,1H3,(H,25,27). The first kappa shape index (κ1) is 19.5. The van der Waals surface area contributed by atoms with Crippen molar-refractivity contribution >= 4 is 46.6 Å². The zero-order chi connectivity index (χ0) is 20.4. The summed E-state index contributed by atoms with van der Waals surface area (Å²) in [6.45, 7) is 2.17. The molecule has 1 N–H and O–H groups in total. The van der Waals surface area contributed by atoms with Gasteiger partial charge in [-0.15, -0.1) is 0 Å². The van der Waals surface area contributed by atoms with Crippen LogP contribution < -0.4 is 10.2 Å². The quantitative estimate of drug-likeness (QED) is 0.627. The second-order valence-electron chi connectivity index (χ2n) is 6.66. The number of carbonyl (C=O) groups excluding carboxylic acids is 2. The zero-order valence-electron chi connectivity index (χ0n) is 15.7. The van der Waals surface area contributed by atoms with Crippen molar-refractivity contribution < 1.29 is 9.59 Å². The highest BCUT2D eigenvalue weighted by Crippen LogP contribution is 2.39. The molecule has 4 rings (SSSR count). The number of anilines is 2. The second kappa shape index (κ2) is 8.27. The molecule has 1 aromatic heterocycles. The highest BCUT2D eigenvalue weighted by molar-refractivity contribution is 7.99. The Hall–Kier alpha value is -2.83. The van der Waals surface area contributed by atoms with Crippen LogP contribution in [0, 0.1) is 6.92 Å². The summed E-state index contributed by atoms with van der Waals surface area (Å²) < 4.78 is 0. The number of hydrogen-bond acceptors (Lipinski definition) is 4. The lowest BCUT2D eigenvalue weighted by molar-refractivity contribution is -0.116. The Morgan fingerprint density at radius 2 is 2.00 bits per heavy atom. The molecule has 146 valence electrons. The zero-order valence-corrected chi connectivity index (χ0v) is 17.3. The summed E-state index contributed by atoms with van der Waals surface area (Å²) in [5.74, 6) is -0.347. The summed E-state index contributed by atoms with van der Waals surface area (Å²) in [5.41, 5.74) is 2.90. The number of benzene rings is 2. The topological polar surface area (TPSA) is 62.3 Å². The molecule has 7 heteroatoms. The van der Waals surface area contributed by atoms with Crippen LogP contribution in [0.2, 0.25) is 5.02 Å². The van der Waals surface area contributed by atoms with Crippen LogP contribution in [-0.2, 0) is 4.79 Å². The summed E-state index contributed by atoms with van der Waals surface area (Å²) in [5, 5.41) is 4.05. The monoisotopic (exact) mass is 423 g/mol. The molecule has 0 atom stereocenters. The Morgan fingerprint density at radius 3 is 2.83 bits per heavy atom. The van der Waals surface area contributed by atoms with Crippen LogP contribution in [0.3, 0.4) is 0 Å². The van der Waals surface area contributed by atoms with Crippen LogP contribution >= 0.6 is 23.4 Å². The largest absolute Gasteiger partial charge is 0.325 e. The van der Waals surface area contributed by atoms with Gasteiger partial charge >= 0.3 is 0 Å². The van der Waals surface area contributed by atoms with E-state index in [2.05, 4.69) is 10.3 Å². The second-order valence-corrected chi connectivity index (χ2v) is 8.10. The van der Waals surface area contributed by atoms with Crippen LogP contribution in [0.15, 0.2) is 70.7 Å². The maximum absolute atomic E-state index is 13.2. The van der Waals surface area contributed by atoms with E-state index in [0.29, 0.717) is 22.0 Å². The van der Waals surface area contributed by atoms with E-state index in [-0.39, 0.29) is 24.8 Å². The predicted octanol–water partition coefficient (Wildman–Crippen LogP) is 5.18. The fourth-order valence-electron chi connectivity index (χ4n) is 3.13. The Kier molecular flexibility index (Phi) is 5.56. The molecule has 5 nitrogen and oxygen atoms in total. The smallest absolute Gasteiger partial charge is 0.259 e.